The van der Waals surface area contributed by atoms with Crippen LogP contribution >= 0.6 is 0 Å². The molecule has 0 aliphatic rings. The van der Waals surface area contributed by atoms with E-state index in [1.54, 1.807) is 72.9 Å². The first-order chi connectivity index (χ1) is 11.8. The van der Waals surface area contributed by atoms with Crippen molar-refractivity contribution in [2.75, 3.05) is 7.05 Å². The molecular formula is C19H29N3O4. The van der Waals surface area contributed by atoms with E-state index in [9.17, 15) is 9.59 Å². The number of amidine groups is 1. The number of hydrogen-bond donors (Lipinski definition) is 2. The quantitative estimate of drug-likeness (QED) is 0.628. The summed E-state index contributed by atoms with van der Waals surface area (Å²) in [4.78, 5) is 25.9. The number of hydrogen-bond acceptors (Lipinski definition) is 5. The Labute approximate surface area is 155 Å². The lowest BCUT2D eigenvalue weighted by molar-refractivity contribution is -0.000245. The summed E-state index contributed by atoms with van der Waals surface area (Å²) >= 11 is 0. The van der Waals surface area contributed by atoms with Crippen LogP contribution in [-0.4, -0.2) is 41.2 Å². The maximum atomic E-state index is 12.5. The van der Waals surface area contributed by atoms with E-state index in [1.165, 1.54) is 0 Å². The Balaban J connectivity index is 3.02. The molecule has 7 heteroatoms. The van der Waals surface area contributed by atoms with Crippen molar-refractivity contribution in [3.8, 4) is 0 Å². The normalized spacial score (nSPS) is 11.5. The molecule has 0 saturated carbocycles. The van der Waals surface area contributed by atoms with Crippen LogP contribution in [0.25, 0.3) is 0 Å². The molecule has 1 aromatic carbocycles. The van der Waals surface area contributed by atoms with Crippen LogP contribution in [-0.2, 0) is 16.0 Å². The lowest BCUT2D eigenvalue weighted by Gasteiger charge is -2.28. The second-order valence-corrected chi connectivity index (χ2v) is 7.87. The molecule has 0 atom stereocenters. The molecule has 0 heterocycles. The first-order valence-corrected chi connectivity index (χ1v) is 8.41. The van der Waals surface area contributed by atoms with Gasteiger partial charge in [-0.15, -0.1) is 0 Å². The minimum Gasteiger partial charge on any atom is -0.443 e. The summed E-state index contributed by atoms with van der Waals surface area (Å²) in [5, 5.41) is 10.5. The van der Waals surface area contributed by atoms with Crippen LogP contribution in [0.2, 0.25) is 0 Å². The van der Waals surface area contributed by atoms with E-state index < -0.39 is 23.4 Å². The second kappa shape index (κ2) is 8.21. The van der Waals surface area contributed by atoms with Gasteiger partial charge in [-0.05, 0) is 47.1 Å². The lowest BCUT2D eigenvalue weighted by Crippen LogP contribution is -2.43. The molecule has 26 heavy (non-hydrogen) atoms. The number of rotatable bonds is 3. The lowest BCUT2D eigenvalue weighted by atomic mass is 10.1. The van der Waals surface area contributed by atoms with Crippen LogP contribution in [0, 0.1) is 5.41 Å². The largest absolute Gasteiger partial charge is 0.443 e. The Morgan fingerprint density at radius 1 is 0.962 bits per heavy atom. The van der Waals surface area contributed by atoms with Crippen molar-refractivity contribution in [1.29, 1.82) is 5.41 Å². The molecule has 0 aromatic heterocycles. The predicted octanol–water partition coefficient (Wildman–Crippen LogP) is 3.90. The van der Waals surface area contributed by atoms with Crippen molar-refractivity contribution >= 4 is 18.0 Å². The molecule has 0 fully saturated rings. The zero-order valence-corrected chi connectivity index (χ0v) is 16.6. The molecule has 0 unspecified atom stereocenters. The highest BCUT2D eigenvalue weighted by Crippen LogP contribution is 2.17. The van der Waals surface area contributed by atoms with E-state index in [1.807, 2.05) is 0 Å². The topological polar surface area (TPSA) is 91.7 Å². The van der Waals surface area contributed by atoms with Crippen molar-refractivity contribution in [1.82, 2.24) is 10.2 Å². The average molecular weight is 363 g/mol. The van der Waals surface area contributed by atoms with Gasteiger partial charge in [-0.1, -0.05) is 24.3 Å². The molecule has 0 saturated heterocycles. The van der Waals surface area contributed by atoms with Gasteiger partial charge in [0.05, 0.1) is 6.54 Å². The number of ether oxygens (including phenoxy) is 2. The Kier molecular flexibility index (Phi) is 6.78. The summed E-state index contributed by atoms with van der Waals surface area (Å²) in [5.41, 5.74) is -0.0432. The van der Waals surface area contributed by atoms with Crippen molar-refractivity contribution in [2.45, 2.75) is 59.3 Å². The van der Waals surface area contributed by atoms with Gasteiger partial charge in [-0.2, -0.15) is 0 Å². The molecule has 144 valence electrons. The molecule has 0 aliphatic carbocycles. The summed E-state index contributed by atoms with van der Waals surface area (Å²) in [6.07, 6.45) is -1.53. The van der Waals surface area contributed by atoms with Gasteiger partial charge in [0, 0.05) is 12.6 Å². The van der Waals surface area contributed by atoms with E-state index in [0.717, 1.165) is 10.5 Å². The molecule has 7 nitrogen and oxygen atoms in total. The highest BCUT2D eigenvalue weighted by molar-refractivity contribution is 5.96. The van der Waals surface area contributed by atoms with Crippen LogP contribution in [0.15, 0.2) is 24.3 Å². The average Bonchev–Trinajstić information content (AvgIpc) is 2.48. The fraction of sp³-hybridized carbons (Fsp3) is 0.526. The number of carbonyl (C=O) groups is 2. The van der Waals surface area contributed by atoms with Crippen molar-refractivity contribution in [3.05, 3.63) is 35.4 Å². The van der Waals surface area contributed by atoms with Crippen molar-refractivity contribution in [3.63, 3.8) is 0 Å². The minimum absolute atomic E-state index is 0.0109. The molecule has 2 N–H and O–H groups in total. The van der Waals surface area contributed by atoms with Gasteiger partial charge in [-0.3, -0.25) is 5.41 Å². The summed E-state index contributed by atoms with van der Waals surface area (Å²) < 4.78 is 10.7. The fourth-order valence-corrected chi connectivity index (χ4v) is 1.94. The third kappa shape index (κ3) is 7.13. The number of nitrogens with one attached hydrogen (secondary N) is 2. The van der Waals surface area contributed by atoms with Gasteiger partial charge in [0.25, 0.3) is 0 Å². The summed E-state index contributed by atoms with van der Waals surface area (Å²) in [6.45, 7) is 10.4. The van der Waals surface area contributed by atoms with Crippen LogP contribution in [0.3, 0.4) is 0 Å². The fourth-order valence-electron chi connectivity index (χ4n) is 1.94. The molecular weight excluding hydrogens is 334 g/mol. The standard InChI is InChI=1S/C19H29N3O4/c1-18(2,3)25-16(23)22(17(24)26-19(4,5)6)12-13-8-10-14(11-9-13)15(20)21-7/h8-11H,12H2,1-7H3,(H2,20,21). The van der Waals surface area contributed by atoms with E-state index in [4.69, 9.17) is 14.9 Å². The number of amides is 2. The predicted molar refractivity (Wildman–Crippen MR) is 100 cm³/mol. The number of imide groups is 1. The maximum Gasteiger partial charge on any atom is 0.420 e. The molecule has 1 aromatic rings. The van der Waals surface area contributed by atoms with Gasteiger partial charge in [0.2, 0.25) is 0 Å². The van der Waals surface area contributed by atoms with Crippen LogP contribution in [0.4, 0.5) is 9.59 Å². The molecule has 2 amide bonds. The minimum atomic E-state index is -0.765. The third-order valence-electron chi connectivity index (χ3n) is 3.06. The van der Waals surface area contributed by atoms with Gasteiger partial charge < -0.3 is 14.8 Å². The van der Waals surface area contributed by atoms with Gasteiger partial charge in [0.15, 0.2) is 0 Å². The zero-order valence-electron chi connectivity index (χ0n) is 16.6. The number of benzene rings is 1. The van der Waals surface area contributed by atoms with Crippen LogP contribution in [0.5, 0.6) is 0 Å². The van der Waals surface area contributed by atoms with Crippen LogP contribution in [0.1, 0.15) is 52.7 Å². The molecule has 0 radical (unpaired) electrons. The number of carbonyl (C=O) groups excluding carboxylic acids is 2. The van der Waals surface area contributed by atoms with Crippen molar-refractivity contribution in [2.24, 2.45) is 0 Å². The van der Waals surface area contributed by atoms with Gasteiger partial charge >= 0.3 is 12.2 Å². The van der Waals surface area contributed by atoms with E-state index in [0.29, 0.717) is 5.56 Å². The van der Waals surface area contributed by atoms with Crippen molar-refractivity contribution < 1.29 is 19.1 Å². The Bertz CT molecular complexity index is 627. The van der Waals surface area contributed by atoms with E-state index >= 15 is 0 Å². The molecule has 0 bridgehead atoms. The highest BCUT2D eigenvalue weighted by atomic mass is 16.6. The highest BCUT2D eigenvalue weighted by Gasteiger charge is 2.31. The molecule has 1 rings (SSSR count). The summed E-state index contributed by atoms with van der Waals surface area (Å²) in [7, 11) is 1.67. The van der Waals surface area contributed by atoms with E-state index in [2.05, 4.69) is 5.32 Å². The SMILES string of the molecule is CNC(=N)c1ccc(CN(C(=O)OC(C)(C)C)C(=O)OC(C)(C)C)cc1. The molecule has 0 spiro atoms. The molecule has 0 aliphatic heterocycles. The maximum absolute atomic E-state index is 12.5. The smallest absolute Gasteiger partial charge is 0.420 e. The summed E-state index contributed by atoms with van der Waals surface area (Å²) in [5.74, 6) is 0.285. The zero-order chi connectivity index (χ0) is 20.1. The third-order valence-corrected chi connectivity index (χ3v) is 3.06. The Hall–Kier alpha value is -2.57. The summed E-state index contributed by atoms with van der Waals surface area (Å²) in [6, 6.07) is 7.00. The van der Waals surface area contributed by atoms with Gasteiger partial charge in [-0.25, -0.2) is 14.5 Å². The van der Waals surface area contributed by atoms with Gasteiger partial charge in [0.1, 0.15) is 17.0 Å². The first kappa shape index (κ1) is 21.5. The second-order valence-electron chi connectivity index (χ2n) is 7.87. The first-order valence-electron chi connectivity index (χ1n) is 8.41. The number of nitrogens with zero attached hydrogens (tertiary/aromatic N) is 1. The Morgan fingerprint density at radius 2 is 1.38 bits per heavy atom. The van der Waals surface area contributed by atoms with E-state index in [-0.39, 0.29) is 12.4 Å². The van der Waals surface area contributed by atoms with Crippen LogP contribution < -0.4 is 5.32 Å². The monoisotopic (exact) mass is 363 g/mol. The Morgan fingerprint density at radius 3 is 1.73 bits per heavy atom.